The average Bonchev–Trinajstić information content (AvgIpc) is 2.46. The quantitative estimate of drug-likeness (QED) is 0.801. The van der Waals surface area contributed by atoms with Gasteiger partial charge in [0.05, 0.1) is 0 Å². The minimum absolute atomic E-state index is 0.0287. The van der Waals surface area contributed by atoms with E-state index in [4.69, 9.17) is 5.73 Å². The van der Waals surface area contributed by atoms with Crippen LogP contribution in [0.1, 0.15) is 11.1 Å². The number of hydrogen-bond donors (Lipinski definition) is 3. The highest BCUT2D eigenvalue weighted by atomic mass is 19.1. The lowest BCUT2D eigenvalue weighted by molar-refractivity contribution is 0.251. The summed E-state index contributed by atoms with van der Waals surface area (Å²) in [6.45, 7) is 0.431. The van der Waals surface area contributed by atoms with Crippen LogP contribution in [-0.4, -0.2) is 6.03 Å². The Bertz CT molecular complexity index is 587. The lowest BCUT2D eigenvalue weighted by Crippen LogP contribution is -2.28. The summed E-state index contributed by atoms with van der Waals surface area (Å²) >= 11 is 0. The number of urea groups is 1. The van der Waals surface area contributed by atoms with Gasteiger partial charge in [0.1, 0.15) is 5.82 Å². The number of hydrogen-bond acceptors (Lipinski definition) is 2. The molecular weight excluding hydrogens is 257 g/mol. The zero-order chi connectivity index (χ0) is 14.4. The zero-order valence-corrected chi connectivity index (χ0v) is 10.9. The Labute approximate surface area is 116 Å². The van der Waals surface area contributed by atoms with Gasteiger partial charge in [-0.15, -0.1) is 0 Å². The van der Waals surface area contributed by atoms with Crippen LogP contribution in [0.15, 0.2) is 48.5 Å². The van der Waals surface area contributed by atoms with Crippen LogP contribution in [0.3, 0.4) is 0 Å². The second-order valence-electron chi connectivity index (χ2n) is 4.26. The van der Waals surface area contributed by atoms with E-state index < -0.39 is 11.8 Å². The van der Waals surface area contributed by atoms with Gasteiger partial charge in [0.2, 0.25) is 0 Å². The van der Waals surface area contributed by atoms with Crippen molar-refractivity contribution in [3.63, 3.8) is 0 Å². The number of amides is 2. The predicted molar refractivity (Wildman–Crippen MR) is 76.6 cm³/mol. The monoisotopic (exact) mass is 273 g/mol. The van der Waals surface area contributed by atoms with Crippen molar-refractivity contribution in [1.29, 1.82) is 0 Å². The number of nitrogens with one attached hydrogen (secondary N) is 2. The maximum atomic E-state index is 13.5. The molecule has 0 aliphatic rings. The van der Waals surface area contributed by atoms with Crippen molar-refractivity contribution in [3.05, 3.63) is 65.5 Å². The summed E-state index contributed by atoms with van der Waals surface area (Å²) in [6.07, 6.45) is 0. The molecular formula is C15H16FN3O. The van der Waals surface area contributed by atoms with Crippen molar-refractivity contribution in [2.75, 3.05) is 5.32 Å². The molecule has 2 aromatic carbocycles. The summed E-state index contributed by atoms with van der Waals surface area (Å²) in [5.41, 5.74) is 7.15. The number of carbonyl (C=O) groups excluding carboxylic acids is 1. The van der Waals surface area contributed by atoms with Crippen LogP contribution >= 0.6 is 0 Å². The molecule has 0 saturated carbocycles. The first kappa shape index (κ1) is 14.0. The fraction of sp³-hybridized carbons (Fsp3) is 0.133. The van der Waals surface area contributed by atoms with Gasteiger partial charge in [0.15, 0.2) is 0 Å². The molecule has 2 rings (SSSR count). The molecule has 2 amide bonds. The summed E-state index contributed by atoms with van der Waals surface area (Å²) in [5.74, 6) is -0.423. The van der Waals surface area contributed by atoms with Crippen LogP contribution in [0.4, 0.5) is 14.9 Å². The molecule has 0 atom stereocenters. The summed E-state index contributed by atoms with van der Waals surface area (Å²) in [6, 6.07) is 13.6. The molecule has 2 aromatic rings. The third-order valence-corrected chi connectivity index (χ3v) is 2.87. The molecule has 0 radical (unpaired) electrons. The van der Waals surface area contributed by atoms with Gasteiger partial charge in [-0.25, -0.2) is 9.18 Å². The lowest BCUT2D eigenvalue weighted by atomic mass is 10.1. The highest BCUT2D eigenvalue weighted by molar-refractivity contribution is 5.90. The number of anilines is 1. The zero-order valence-electron chi connectivity index (χ0n) is 10.9. The van der Waals surface area contributed by atoms with Crippen molar-refractivity contribution in [1.82, 2.24) is 5.32 Å². The predicted octanol–water partition coefficient (Wildman–Crippen LogP) is 2.61. The van der Waals surface area contributed by atoms with Crippen molar-refractivity contribution in [2.24, 2.45) is 5.73 Å². The smallest absolute Gasteiger partial charge is 0.319 e. The van der Waals surface area contributed by atoms with E-state index in [0.717, 1.165) is 5.56 Å². The van der Waals surface area contributed by atoms with Crippen molar-refractivity contribution < 1.29 is 9.18 Å². The normalized spacial score (nSPS) is 10.1. The Morgan fingerprint density at radius 2 is 1.85 bits per heavy atom. The number of benzene rings is 2. The van der Waals surface area contributed by atoms with E-state index in [1.54, 1.807) is 6.07 Å². The van der Waals surface area contributed by atoms with Gasteiger partial charge >= 0.3 is 6.03 Å². The maximum Gasteiger partial charge on any atom is 0.319 e. The highest BCUT2D eigenvalue weighted by Gasteiger charge is 2.09. The molecule has 0 heterocycles. The molecule has 5 heteroatoms. The fourth-order valence-corrected chi connectivity index (χ4v) is 1.83. The molecule has 0 fully saturated rings. The summed E-state index contributed by atoms with van der Waals surface area (Å²) in [7, 11) is 0. The summed E-state index contributed by atoms with van der Waals surface area (Å²) in [4.78, 5) is 11.8. The van der Waals surface area contributed by atoms with Gasteiger partial charge in [-0.05, 0) is 17.7 Å². The van der Waals surface area contributed by atoms with Gasteiger partial charge in [0, 0.05) is 24.3 Å². The highest BCUT2D eigenvalue weighted by Crippen LogP contribution is 2.18. The SMILES string of the molecule is NCc1c(F)cccc1NC(=O)NCc1ccccc1. The Balaban J connectivity index is 1.97. The van der Waals surface area contributed by atoms with E-state index in [2.05, 4.69) is 10.6 Å². The molecule has 4 nitrogen and oxygen atoms in total. The number of carbonyl (C=O) groups is 1. The second-order valence-corrected chi connectivity index (χ2v) is 4.26. The molecule has 0 aliphatic heterocycles. The molecule has 0 aromatic heterocycles. The molecule has 104 valence electrons. The molecule has 0 saturated heterocycles. The Morgan fingerprint density at radius 3 is 2.55 bits per heavy atom. The van der Waals surface area contributed by atoms with Crippen molar-refractivity contribution in [3.8, 4) is 0 Å². The largest absolute Gasteiger partial charge is 0.334 e. The minimum Gasteiger partial charge on any atom is -0.334 e. The van der Waals surface area contributed by atoms with Crippen LogP contribution in [0, 0.1) is 5.82 Å². The Kier molecular flexibility index (Phi) is 4.68. The van der Waals surface area contributed by atoms with Gasteiger partial charge < -0.3 is 16.4 Å². The second kappa shape index (κ2) is 6.68. The first-order chi connectivity index (χ1) is 9.70. The fourth-order valence-electron chi connectivity index (χ4n) is 1.83. The first-order valence-electron chi connectivity index (χ1n) is 6.27. The molecule has 20 heavy (non-hydrogen) atoms. The van der Waals surface area contributed by atoms with Crippen molar-refractivity contribution >= 4 is 11.7 Å². The first-order valence-corrected chi connectivity index (χ1v) is 6.27. The van der Waals surface area contributed by atoms with Crippen molar-refractivity contribution in [2.45, 2.75) is 13.1 Å². The minimum atomic E-state index is -0.423. The molecule has 4 N–H and O–H groups in total. The van der Waals surface area contributed by atoms with E-state index >= 15 is 0 Å². The van der Waals surface area contributed by atoms with Crippen LogP contribution in [0.25, 0.3) is 0 Å². The molecule has 0 unspecified atom stereocenters. The Morgan fingerprint density at radius 1 is 1.10 bits per heavy atom. The van der Waals surface area contributed by atoms with E-state index in [1.807, 2.05) is 30.3 Å². The van der Waals surface area contributed by atoms with E-state index in [-0.39, 0.29) is 6.54 Å². The average molecular weight is 273 g/mol. The van der Waals surface area contributed by atoms with Crippen LogP contribution in [0.5, 0.6) is 0 Å². The molecule has 0 spiro atoms. The molecule has 0 aliphatic carbocycles. The van der Waals surface area contributed by atoms with Crippen LogP contribution in [-0.2, 0) is 13.1 Å². The Hall–Kier alpha value is -2.40. The topological polar surface area (TPSA) is 67.1 Å². The number of nitrogens with two attached hydrogens (primary N) is 1. The van der Waals surface area contributed by atoms with Gasteiger partial charge in [0.25, 0.3) is 0 Å². The van der Waals surface area contributed by atoms with E-state index in [0.29, 0.717) is 17.8 Å². The van der Waals surface area contributed by atoms with Gasteiger partial charge in [-0.2, -0.15) is 0 Å². The van der Waals surface area contributed by atoms with E-state index in [1.165, 1.54) is 12.1 Å². The summed E-state index contributed by atoms with van der Waals surface area (Å²) < 4.78 is 13.5. The third-order valence-electron chi connectivity index (χ3n) is 2.87. The third kappa shape index (κ3) is 3.55. The number of rotatable bonds is 4. The maximum absolute atomic E-state index is 13.5. The summed E-state index contributed by atoms with van der Waals surface area (Å²) in [5, 5.41) is 5.31. The lowest BCUT2D eigenvalue weighted by Gasteiger charge is -2.11. The molecule has 0 bridgehead atoms. The van der Waals surface area contributed by atoms with Gasteiger partial charge in [-0.3, -0.25) is 0 Å². The van der Waals surface area contributed by atoms with Crippen LogP contribution in [0.2, 0.25) is 0 Å². The number of halogens is 1. The van der Waals surface area contributed by atoms with Crippen LogP contribution < -0.4 is 16.4 Å². The standard InChI is InChI=1S/C15H16FN3O/c16-13-7-4-8-14(12(13)9-17)19-15(20)18-10-11-5-2-1-3-6-11/h1-8H,9-10,17H2,(H2,18,19,20). The van der Waals surface area contributed by atoms with E-state index in [9.17, 15) is 9.18 Å². The van der Waals surface area contributed by atoms with Gasteiger partial charge in [-0.1, -0.05) is 36.4 Å².